The summed E-state index contributed by atoms with van der Waals surface area (Å²) in [7, 11) is 0. The predicted octanol–water partition coefficient (Wildman–Crippen LogP) is 2.24. The first kappa shape index (κ1) is 18.2. The number of nitrogens with one attached hydrogen (secondary N) is 1. The minimum atomic E-state index is -0.441. The van der Waals surface area contributed by atoms with Gasteiger partial charge >= 0.3 is 6.09 Å². The van der Waals surface area contributed by atoms with Crippen molar-refractivity contribution >= 4 is 6.09 Å². The van der Waals surface area contributed by atoms with Crippen molar-refractivity contribution in [2.45, 2.75) is 59.2 Å². The Morgan fingerprint density at radius 3 is 2.67 bits per heavy atom. The number of aliphatic hydroxyl groups excluding tert-OH is 1. The molecule has 0 saturated carbocycles. The molecule has 0 radical (unpaired) electrons. The quantitative estimate of drug-likeness (QED) is 0.817. The Balaban J connectivity index is 2.33. The van der Waals surface area contributed by atoms with Crippen LogP contribution in [-0.2, 0) is 4.74 Å². The minimum absolute atomic E-state index is 0.214. The van der Waals surface area contributed by atoms with Gasteiger partial charge in [-0.05, 0) is 52.0 Å². The first-order chi connectivity index (χ1) is 9.69. The van der Waals surface area contributed by atoms with Gasteiger partial charge in [-0.1, -0.05) is 13.8 Å². The molecule has 1 heterocycles. The highest BCUT2D eigenvalue weighted by Gasteiger charge is 2.27. The van der Waals surface area contributed by atoms with Gasteiger partial charge in [-0.2, -0.15) is 0 Å². The molecule has 2 unspecified atom stereocenters. The summed E-state index contributed by atoms with van der Waals surface area (Å²) in [6.45, 7) is 12.7. The smallest absolute Gasteiger partial charge is 0.410 e. The van der Waals surface area contributed by atoms with Crippen LogP contribution in [0.5, 0.6) is 0 Å². The molecule has 124 valence electrons. The maximum absolute atomic E-state index is 12.1. The summed E-state index contributed by atoms with van der Waals surface area (Å²) in [5.41, 5.74) is -0.441. The van der Waals surface area contributed by atoms with Gasteiger partial charge in [0.1, 0.15) is 5.60 Å². The molecule has 2 atom stereocenters. The predicted molar refractivity (Wildman–Crippen MR) is 84.2 cm³/mol. The second-order valence-electron chi connectivity index (χ2n) is 7.40. The molecule has 1 amide bonds. The molecule has 1 fully saturated rings. The molecule has 21 heavy (non-hydrogen) atoms. The lowest BCUT2D eigenvalue weighted by molar-refractivity contribution is 0.0164. The highest BCUT2D eigenvalue weighted by atomic mass is 16.6. The number of amides is 1. The van der Waals surface area contributed by atoms with Crippen LogP contribution in [-0.4, -0.2) is 54.0 Å². The number of piperidine rings is 1. The van der Waals surface area contributed by atoms with Crippen LogP contribution in [0.4, 0.5) is 4.79 Å². The van der Waals surface area contributed by atoms with Crippen LogP contribution >= 0.6 is 0 Å². The number of hydrogen-bond acceptors (Lipinski definition) is 4. The van der Waals surface area contributed by atoms with E-state index in [-0.39, 0.29) is 18.1 Å². The average molecular weight is 300 g/mol. The van der Waals surface area contributed by atoms with E-state index in [0.29, 0.717) is 12.5 Å². The summed E-state index contributed by atoms with van der Waals surface area (Å²) in [5, 5.41) is 13.1. The molecule has 0 spiro atoms. The highest BCUT2D eigenvalue weighted by molar-refractivity contribution is 5.68. The molecule has 1 aliphatic rings. The van der Waals surface area contributed by atoms with Gasteiger partial charge in [0.15, 0.2) is 0 Å². The zero-order valence-electron chi connectivity index (χ0n) is 14.2. The van der Waals surface area contributed by atoms with Crippen molar-refractivity contribution in [2.24, 2.45) is 11.8 Å². The van der Waals surface area contributed by atoms with E-state index in [4.69, 9.17) is 4.74 Å². The number of hydrogen-bond donors (Lipinski definition) is 2. The Morgan fingerprint density at radius 1 is 1.43 bits per heavy atom. The van der Waals surface area contributed by atoms with Gasteiger partial charge in [0.2, 0.25) is 0 Å². The number of aliphatic hydroxyl groups is 1. The molecule has 0 aromatic rings. The fraction of sp³-hybridized carbons (Fsp3) is 0.938. The van der Waals surface area contributed by atoms with Crippen LogP contribution in [0.3, 0.4) is 0 Å². The third-order valence-electron chi connectivity index (χ3n) is 3.73. The maximum atomic E-state index is 12.1. The molecule has 0 aliphatic carbocycles. The third-order valence-corrected chi connectivity index (χ3v) is 3.73. The van der Waals surface area contributed by atoms with E-state index in [1.807, 2.05) is 34.6 Å². The molecule has 2 N–H and O–H groups in total. The summed E-state index contributed by atoms with van der Waals surface area (Å²) >= 11 is 0. The Hall–Kier alpha value is -0.810. The van der Waals surface area contributed by atoms with E-state index < -0.39 is 5.60 Å². The summed E-state index contributed by atoms with van der Waals surface area (Å²) < 4.78 is 5.43. The van der Waals surface area contributed by atoms with E-state index in [1.54, 1.807) is 4.90 Å². The monoisotopic (exact) mass is 300 g/mol. The van der Waals surface area contributed by atoms with Gasteiger partial charge in [-0.15, -0.1) is 0 Å². The van der Waals surface area contributed by atoms with Gasteiger partial charge in [0.25, 0.3) is 0 Å². The van der Waals surface area contributed by atoms with Crippen molar-refractivity contribution < 1.29 is 14.6 Å². The molecule has 5 nitrogen and oxygen atoms in total. The van der Waals surface area contributed by atoms with Crippen molar-refractivity contribution in [2.75, 3.05) is 26.2 Å². The average Bonchev–Trinajstić information content (AvgIpc) is 2.36. The SMILES string of the molecule is CC(C)C(O)CNCC1CCCN(C(=O)OC(C)(C)C)C1. The van der Waals surface area contributed by atoms with Crippen LogP contribution in [0, 0.1) is 11.8 Å². The Labute approximate surface area is 129 Å². The number of ether oxygens (including phenoxy) is 1. The van der Waals surface area contributed by atoms with Crippen LogP contribution in [0.1, 0.15) is 47.5 Å². The van der Waals surface area contributed by atoms with E-state index in [1.165, 1.54) is 0 Å². The van der Waals surface area contributed by atoms with Crippen molar-refractivity contribution in [3.63, 3.8) is 0 Å². The molecule has 1 rings (SSSR count). The topological polar surface area (TPSA) is 61.8 Å². The second-order valence-corrected chi connectivity index (χ2v) is 7.40. The summed E-state index contributed by atoms with van der Waals surface area (Å²) in [6, 6.07) is 0. The largest absolute Gasteiger partial charge is 0.444 e. The molecule has 1 aliphatic heterocycles. The fourth-order valence-electron chi connectivity index (χ4n) is 2.40. The Bertz CT molecular complexity index is 326. The molecular weight excluding hydrogens is 268 g/mol. The van der Waals surface area contributed by atoms with Crippen molar-refractivity contribution in [1.29, 1.82) is 0 Å². The summed E-state index contributed by atoms with van der Waals surface area (Å²) in [4.78, 5) is 13.9. The minimum Gasteiger partial charge on any atom is -0.444 e. The van der Waals surface area contributed by atoms with Crippen molar-refractivity contribution in [3.8, 4) is 0 Å². The maximum Gasteiger partial charge on any atom is 0.410 e. The van der Waals surface area contributed by atoms with E-state index in [2.05, 4.69) is 5.32 Å². The van der Waals surface area contributed by atoms with Gasteiger partial charge in [0, 0.05) is 19.6 Å². The second kappa shape index (κ2) is 7.99. The van der Waals surface area contributed by atoms with Gasteiger partial charge in [-0.25, -0.2) is 4.79 Å². The molecule has 0 aromatic heterocycles. The van der Waals surface area contributed by atoms with E-state index in [0.717, 1.165) is 32.5 Å². The van der Waals surface area contributed by atoms with Gasteiger partial charge in [-0.3, -0.25) is 0 Å². The fourth-order valence-corrected chi connectivity index (χ4v) is 2.40. The number of rotatable bonds is 5. The first-order valence-corrected chi connectivity index (χ1v) is 8.05. The Morgan fingerprint density at radius 2 is 2.10 bits per heavy atom. The lowest BCUT2D eigenvalue weighted by Gasteiger charge is -2.34. The molecule has 1 saturated heterocycles. The molecule has 0 aromatic carbocycles. The van der Waals surface area contributed by atoms with Gasteiger partial charge in [0.05, 0.1) is 6.10 Å². The van der Waals surface area contributed by atoms with Crippen LogP contribution in [0.25, 0.3) is 0 Å². The van der Waals surface area contributed by atoms with Crippen LogP contribution in [0.2, 0.25) is 0 Å². The zero-order valence-corrected chi connectivity index (χ0v) is 14.2. The Kier molecular flexibility index (Phi) is 6.94. The highest BCUT2D eigenvalue weighted by Crippen LogP contribution is 2.18. The zero-order chi connectivity index (χ0) is 16.0. The van der Waals surface area contributed by atoms with Crippen LogP contribution in [0.15, 0.2) is 0 Å². The molecule has 5 heteroatoms. The number of carbonyl (C=O) groups is 1. The summed E-state index contributed by atoms with van der Waals surface area (Å²) in [5.74, 6) is 0.702. The standard InChI is InChI=1S/C16H32N2O3/c1-12(2)14(19)10-17-9-13-7-6-8-18(11-13)15(20)21-16(3,4)5/h12-14,17,19H,6-11H2,1-5H3. The van der Waals surface area contributed by atoms with E-state index >= 15 is 0 Å². The van der Waals surface area contributed by atoms with Gasteiger partial charge < -0.3 is 20.1 Å². The third kappa shape index (κ3) is 7.14. The van der Waals surface area contributed by atoms with Crippen molar-refractivity contribution in [1.82, 2.24) is 10.2 Å². The molecule has 0 bridgehead atoms. The number of likely N-dealkylation sites (tertiary alicyclic amines) is 1. The molecular formula is C16H32N2O3. The lowest BCUT2D eigenvalue weighted by atomic mass is 9.98. The number of carbonyl (C=O) groups excluding carboxylic acids is 1. The van der Waals surface area contributed by atoms with Crippen molar-refractivity contribution in [3.05, 3.63) is 0 Å². The van der Waals surface area contributed by atoms with E-state index in [9.17, 15) is 9.90 Å². The lowest BCUT2D eigenvalue weighted by Crippen LogP contribution is -2.45. The number of nitrogens with zero attached hydrogens (tertiary/aromatic N) is 1. The normalized spacial score (nSPS) is 21.5. The summed E-state index contributed by atoms with van der Waals surface area (Å²) in [6.07, 6.45) is 1.60. The first-order valence-electron chi connectivity index (χ1n) is 8.05. The van der Waals surface area contributed by atoms with Crippen LogP contribution < -0.4 is 5.32 Å².